The number of anilines is 1. The van der Waals surface area contributed by atoms with Gasteiger partial charge in [-0.3, -0.25) is 4.79 Å². The van der Waals surface area contributed by atoms with E-state index in [0.717, 1.165) is 18.5 Å². The molecule has 0 saturated heterocycles. The number of rotatable bonds is 7. The summed E-state index contributed by atoms with van der Waals surface area (Å²) in [6, 6.07) is 5.42. The van der Waals surface area contributed by atoms with Gasteiger partial charge in [0.15, 0.2) is 0 Å². The zero-order valence-electron chi connectivity index (χ0n) is 12.0. The molecule has 2 N–H and O–H groups in total. The third kappa shape index (κ3) is 6.75. The van der Waals surface area contributed by atoms with Crippen LogP contribution in [0.15, 0.2) is 18.2 Å². The number of carbonyl (C=O) groups excluding carboxylic acids is 1. The number of alkyl halides is 3. The van der Waals surface area contributed by atoms with Gasteiger partial charge in [0.1, 0.15) is 0 Å². The highest BCUT2D eigenvalue weighted by Gasteiger charge is 2.27. The molecule has 0 atom stereocenters. The highest BCUT2D eigenvalue weighted by Crippen LogP contribution is 2.29. The maximum absolute atomic E-state index is 12.1. The zero-order chi connectivity index (χ0) is 15.9. The Hall–Kier alpha value is -1.37. The average Bonchev–Trinajstić information content (AvgIpc) is 2.41. The van der Waals surface area contributed by atoms with Crippen molar-refractivity contribution in [3.63, 3.8) is 0 Å². The van der Waals surface area contributed by atoms with Crippen molar-refractivity contribution in [2.24, 2.45) is 0 Å². The third-order valence-corrected chi connectivity index (χ3v) is 3.37. The fraction of sp³-hybridized carbons (Fsp3) is 0.500. The quantitative estimate of drug-likeness (QED) is 0.751. The molecule has 0 radical (unpaired) electrons. The first-order valence-corrected chi connectivity index (χ1v) is 7.65. The molecule has 0 unspecified atom stereocenters. The number of thioether (sulfide) groups is 1. The molecule has 1 aromatic rings. The van der Waals surface area contributed by atoms with Crippen LogP contribution in [-0.2, 0) is 0 Å². The third-order valence-electron chi connectivity index (χ3n) is 2.64. The highest BCUT2D eigenvalue weighted by atomic mass is 32.2. The first-order valence-electron chi connectivity index (χ1n) is 6.67. The van der Waals surface area contributed by atoms with Crippen LogP contribution in [0, 0.1) is 6.92 Å². The Kier molecular flexibility index (Phi) is 6.87. The van der Waals surface area contributed by atoms with Crippen LogP contribution >= 0.6 is 11.8 Å². The van der Waals surface area contributed by atoms with Gasteiger partial charge in [-0.2, -0.15) is 13.2 Å². The van der Waals surface area contributed by atoms with Crippen LogP contribution in [0.1, 0.15) is 29.3 Å². The molecule has 0 fully saturated rings. The molecular formula is C14H19F3N2OS. The van der Waals surface area contributed by atoms with Crippen LogP contribution in [0.25, 0.3) is 0 Å². The number of amides is 1. The van der Waals surface area contributed by atoms with Crippen molar-refractivity contribution in [2.45, 2.75) is 25.8 Å². The van der Waals surface area contributed by atoms with Crippen molar-refractivity contribution in [3.8, 4) is 0 Å². The minimum absolute atomic E-state index is 0.0236. The first-order chi connectivity index (χ1) is 9.83. The molecule has 0 spiro atoms. The molecule has 0 heterocycles. The van der Waals surface area contributed by atoms with Gasteiger partial charge in [0.2, 0.25) is 0 Å². The van der Waals surface area contributed by atoms with E-state index in [-0.39, 0.29) is 30.0 Å². The Bertz CT molecular complexity index is 478. The zero-order valence-corrected chi connectivity index (χ0v) is 12.8. The average molecular weight is 320 g/mol. The van der Waals surface area contributed by atoms with Crippen LogP contribution in [0.4, 0.5) is 18.9 Å². The lowest BCUT2D eigenvalue weighted by atomic mass is 10.1. The second-order valence-corrected chi connectivity index (χ2v) is 5.69. The maximum Gasteiger partial charge on any atom is 0.441 e. The van der Waals surface area contributed by atoms with Crippen molar-refractivity contribution in [1.29, 1.82) is 0 Å². The predicted octanol–water partition coefficient (Wildman–Crippen LogP) is 3.80. The summed E-state index contributed by atoms with van der Waals surface area (Å²) in [7, 11) is 0. The van der Waals surface area contributed by atoms with E-state index in [1.807, 2.05) is 26.0 Å². The number of halogens is 3. The molecule has 118 valence electrons. The lowest BCUT2D eigenvalue weighted by Crippen LogP contribution is -2.27. The lowest BCUT2D eigenvalue weighted by molar-refractivity contribution is -0.0327. The van der Waals surface area contributed by atoms with E-state index in [9.17, 15) is 18.0 Å². The molecule has 3 nitrogen and oxygen atoms in total. The van der Waals surface area contributed by atoms with Gasteiger partial charge in [0.05, 0.1) is 5.56 Å². The second kappa shape index (κ2) is 8.17. The Morgan fingerprint density at radius 3 is 2.62 bits per heavy atom. The van der Waals surface area contributed by atoms with Crippen molar-refractivity contribution in [2.75, 3.05) is 24.2 Å². The minimum Gasteiger partial charge on any atom is -0.384 e. The molecular weight excluding hydrogens is 301 g/mol. The smallest absolute Gasteiger partial charge is 0.384 e. The SMILES string of the molecule is CCCNc1ccc(C)cc1C(=O)NCCSC(F)(F)F. The summed E-state index contributed by atoms with van der Waals surface area (Å²) in [5.74, 6) is -0.557. The molecule has 0 aromatic heterocycles. The summed E-state index contributed by atoms with van der Waals surface area (Å²) in [5.41, 5.74) is -2.18. The Morgan fingerprint density at radius 2 is 2.00 bits per heavy atom. The minimum atomic E-state index is -4.26. The monoisotopic (exact) mass is 320 g/mol. The molecule has 0 aliphatic rings. The fourth-order valence-corrected chi connectivity index (χ4v) is 2.12. The molecule has 0 aliphatic carbocycles. The molecule has 1 aromatic carbocycles. The Morgan fingerprint density at radius 1 is 1.29 bits per heavy atom. The molecule has 0 aliphatic heterocycles. The summed E-state index contributed by atoms with van der Waals surface area (Å²) in [6.07, 6.45) is 0.914. The number of carbonyl (C=O) groups is 1. The number of hydrogen-bond acceptors (Lipinski definition) is 3. The van der Waals surface area contributed by atoms with Gasteiger partial charge in [-0.15, -0.1) is 0 Å². The summed E-state index contributed by atoms with van der Waals surface area (Å²) in [6.45, 7) is 4.58. The van der Waals surface area contributed by atoms with Gasteiger partial charge >= 0.3 is 5.51 Å². The van der Waals surface area contributed by atoms with Gasteiger partial charge in [-0.25, -0.2) is 0 Å². The molecule has 1 amide bonds. The fourth-order valence-electron chi connectivity index (χ4n) is 1.69. The Labute approximate surface area is 126 Å². The Balaban J connectivity index is 2.61. The molecule has 0 bridgehead atoms. The van der Waals surface area contributed by atoms with Crippen molar-refractivity contribution in [3.05, 3.63) is 29.3 Å². The van der Waals surface area contributed by atoms with E-state index in [2.05, 4.69) is 10.6 Å². The van der Waals surface area contributed by atoms with Crippen molar-refractivity contribution >= 4 is 23.4 Å². The summed E-state index contributed by atoms with van der Waals surface area (Å²) < 4.78 is 36.0. The van der Waals surface area contributed by atoms with E-state index in [1.54, 1.807) is 6.07 Å². The van der Waals surface area contributed by atoms with Crippen LogP contribution in [0.5, 0.6) is 0 Å². The van der Waals surface area contributed by atoms with Gasteiger partial charge in [-0.1, -0.05) is 18.6 Å². The number of nitrogens with one attached hydrogen (secondary N) is 2. The molecule has 1 rings (SSSR count). The summed E-state index contributed by atoms with van der Waals surface area (Å²) >= 11 is -0.138. The van der Waals surface area contributed by atoms with Gasteiger partial charge in [-0.05, 0) is 37.2 Å². The number of aryl methyl sites for hydroxylation is 1. The van der Waals surface area contributed by atoms with E-state index >= 15 is 0 Å². The molecule has 0 saturated carbocycles. The van der Waals surface area contributed by atoms with Gasteiger partial charge in [0.25, 0.3) is 5.91 Å². The van der Waals surface area contributed by atoms with Crippen LogP contribution < -0.4 is 10.6 Å². The van der Waals surface area contributed by atoms with E-state index < -0.39 is 5.51 Å². The number of benzene rings is 1. The van der Waals surface area contributed by atoms with Crippen LogP contribution in [-0.4, -0.2) is 30.3 Å². The van der Waals surface area contributed by atoms with Crippen LogP contribution in [0.3, 0.4) is 0 Å². The largest absolute Gasteiger partial charge is 0.441 e. The normalized spacial score (nSPS) is 11.3. The van der Waals surface area contributed by atoms with E-state index in [1.165, 1.54) is 0 Å². The standard InChI is InChI=1S/C14H19F3N2OS/c1-3-6-18-12-5-4-10(2)9-11(12)13(20)19-7-8-21-14(15,16)17/h4-5,9,18H,3,6-8H2,1-2H3,(H,19,20). The van der Waals surface area contributed by atoms with E-state index in [4.69, 9.17) is 0 Å². The van der Waals surface area contributed by atoms with Crippen molar-refractivity contribution in [1.82, 2.24) is 5.32 Å². The summed E-state index contributed by atoms with van der Waals surface area (Å²) in [4.78, 5) is 12.1. The van der Waals surface area contributed by atoms with Crippen LogP contribution in [0.2, 0.25) is 0 Å². The second-order valence-electron chi connectivity index (χ2n) is 4.53. The molecule has 7 heteroatoms. The van der Waals surface area contributed by atoms with Gasteiger partial charge in [0, 0.05) is 24.5 Å². The number of hydrogen-bond donors (Lipinski definition) is 2. The first kappa shape index (κ1) is 17.7. The molecule has 21 heavy (non-hydrogen) atoms. The predicted molar refractivity (Wildman–Crippen MR) is 80.8 cm³/mol. The van der Waals surface area contributed by atoms with E-state index in [0.29, 0.717) is 11.3 Å². The van der Waals surface area contributed by atoms with Gasteiger partial charge < -0.3 is 10.6 Å². The lowest BCUT2D eigenvalue weighted by Gasteiger charge is -2.13. The topological polar surface area (TPSA) is 41.1 Å². The maximum atomic E-state index is 12.1. The van der Waals surface area contributed by atoms with Crippen molar-refractivity contribution < 1.29 is 18.0 Å². The summed E-state index contributed by atoms with van der Waals surface area (Å²) in [5, 5.41) is 5.66. The highest BCUT2D eigenvalue weighted by molar-refractivity contribution is 8.00.